The first-order chi connectivity index (χ1) is 9.20. The second-order valence-corrected chi connectivity index (χ2v) is 7.06. The van der Waals surface area contributed by atoms with Gasteiger partial charge in [0.1, 0.15) is 10.7 Å². The van der Waals surface area contributed by atoms with Crippen molar-refractivity contribution in [3.63, 3.8) is 0 Å². The van der Waals surface area contributed by atoms with Crippen molar-refractivity contribution in [1.82, 2.24) is 15.2 Å². The number of sulfonamides is 1. The van der Waals surface area contributed by atoms with Gasteiger partial charge in [-0.25, -0.2) is 13.4 Å². The number of rotatable bonds is 3. The first kappa shape index (κ1) is 14.3. The molecule has 0 radical (unpaired) electrons. The summed E-state index contributed by atoms with van der Waals surface area (Å²) in [5.74, 6) is 0.171. The molecule has 2 aromatic rings. The third-order valence-corrected chi connectivity index (χ3v) is 4.12. The van der Waals surface area contributed by atoms with Crippen LogP contribution in [0.25, 0.3) is 0 Å². The summed E-state index contributed by atoms with van der Waals surface area (Å²) in [6.45, 7) is 5.99. The van der Waals surface area contributed by atoms with Gasteiger partial charge in [0.15, 0.2) is 5.82 Å². The summed E-state index contributed by atoms with van der Waals surface area (Å²) in [7, 11) is -3.80. The second-order valence-electron chi connectivity index (χ2n) is 5.41. The third-order valence-electron chi connectivity index (χ3n) is 2.71. The van der Waals surface area contributed by atoms with Crippen LogP contribution in [0.15, 0.2) is 29.3 Å². The molecule has 0 fully saturated rings. The van der Waals surface area contributed by atoms with E-state index in [4.69, 9.17) is 5.73 Å². The number of aromatic nitrogens is 3. The molecular formula is C12H17N5O2S. The van der Waals surface area contributed by atoms with Crippen LogP contribution in [0.2, 0.25) is 0 Å². The van der Waals surface area contributed by atoms with Crippen LogP contribution in [0.1, 0.15) is 26.5 Å². The monoisotopic (exact) mass is 295 g/mol. The van der Waals surface area contributed by atoms with Crippen LogP contribution in [0.4, 0.5) is 11.6 Å². The lowest BCUT2D eigenvalue weighted by molar-refractivity contribution is 0.567. The van der Waals surface area contributed by atoms with Gasteiger partial charge < -0.3 is 5.73 Å². The fourth-order valence-electron chi connectivity index (χ4n) is 1.58. The minimum atomic E-state index is -3.80. The zero-order valence-electron chi connectivity index (χ0n) is 11.5. The summed E-state index contributed by atoms with van der Waals surface area (Å²) in [6, 6.07) is 4.56. The highest BCUT2D eigenvalue weighted by atomic mass is 32.2. The molecule has 2 heterocycles. The number of nitrogens with one attached hydrogen (secondary N) is 2. The Hall–Kier alpha value is -2.09. The van der Waals surface area contributed by atoms with Crippen molar-refractivity contribution in [2.24, 2.45) is 0 Å². The van der Waals surface area contributed by atoms with Crippen molar-refractivity contribution in [3.8, 4) is 0 Å². The Balaban J connectivity index is 2.30. The van der Waals surface area contributed by atoms with Gasteiger partial charge in [-0.15, -0.1) is 0 Å². The molecular weight excluding hydrogens is 278 g/mol. The number of nitrogen functional groups attached to an aromatic ring is 1. The number of anilines is 2. The average molecular weight is 295 g/mol. The first-order valence-electron chi connectivity index (χ1n) is 5.99. The van der Waals surface area contributed by atoms with E-state index in [-0.39, 0.29) is 21.9 Å². The number of nitrogens with two attached hydrogens (primary N) is 1. The molecule has 0 bridgehead atoms. The number of H-pyrrole nitrogens is 1. The molecule has 108 valence electrons. The normalized spacial score (nSPS) is 12.3. The summed E-state index contributed by atoms with van der Waals surface area (Å²) in [6.07, 6.45) is 1.43. The van der Waals surface area contributed by atoms with Gasteiger partial charge in [-0.1, -0.05) is 20.8 Å². The van der Waals surface area contributed by atoms with Crippen molar-refractivity contribution < 1.29 is 8.42 Å². The van der Waals surface area contributed by atoms with Crippen LogP contribution in [-0.4, -0.2) is 23.6 Å². The average Bonchev–Trinajstić information content (AvgIpc) is 2.76. The molecule has 0 aromatic carbocycles. The highest BCUT2D eigenvalue weighted by Gasteiger charge is 2.21. The quantitative estimate of drug-likeness (QED) is 0.793. The fraction of sp³-hybridized carbons (Fsp3) is 0.333. The lowest BCUT2D eigenvalue weighted by atomic mass is 9.92. The number of aromatic amines is 1. The van der Waals surface area contributed by atoms with Gasteiger partial charge in [0.25, 0.3) is 10.0 Å². The maximum Gasteiger partial charge on any atom is 0.266 e. The van der Waals surface area contributed by atoms with E-state index in [0.29, 0.717) is 0 Å². The predicted molar refractivity (Wildman–Crippen MR) is 76.7 cm³/mol. The van der Waals surface area contributed by atoms with Crippen LogP contribution in [0.5, 0.6) is 0 Å². The molecule has 8 heteroatoms. The van der Waals surface area contributed by atoms with Gasteiger partial charge in [0.2, 0.25) is 0 Å². The van der Waals surface area contributed by atoms with Crippen LogP contribution >= 0.6 is 0 Å². The molecule has 0 spiro atoms. The summed E-state index contributed by atoms with van der Waals surface area (Å²) in [5.41, 5.74) is 6.26. The van der Waals surface area contributed by atoms with E-state index in [0.717, 1.165) is 5.69 Å². The van der Waals surface area contributed by atoms with E-state index in [1.165, 1.54) is 18.3 Å². The van der Waals surface area contributed by atoms with E-state index in [9.17, 15) is 8.42 Å². The largest absolute Gasteiger partial charge is 0.383 e. The summed E-state index contributed by atoms with van der Waals surface area (Å²) < 4.78 is 26.8. The molecule has 20 heavy (non-hydrogen) atoms. The third kappa shape index (κ3) is 2.90. The van der Waals surface area contributed by atoms with Crippen molar-refractivity contribution in [2.45, 2.75) is 31.1 Å². The highest BCUT2D eigenvalue weighted by Crippen LogP contribution is 2.24. The minimum Gasteiger partial charge on any atom is -0.383 e. The molecule has 0 saturated carbocycles. The Morgan fingerprint density at radius 3 is 2.60 bits per heavy atom. The van der Waals surface area contributed by atoms with Gasteiger partial charge in [-0.3, -0.25) is 9.82 Å². The van der Waals surface area contributed by atoms with Gasteiger partial charge in [-0.05, 0) is 12.1 Å². The van der Waals surface area contributed by atoms with Crippen LogP contribution in [-0.2, 0) is 15.4 Å². The van der Waals surface area contributed by atoms with E-state index in [2.05, 4.69) is 19.9 Å². The maximum absolute atomic E-state index is 12.2. The number of hydrogen-bond acceptors (Lipinski definition) is 5. The van der Waals surface area contributed by atoms with Crippen molar-refractivity contribution in [2.75, 3.05) is 10.5 Å². The van der Waals surface area contributed by atoms with Gasteiger partial charge in [-0.2, -0.15) is 5.10 Å². The molecule has 0 atom stereocenters. The lowest BCUT2D eigenvalue weighted by Gasteiger charge is -2.14. The molecule has 0 aliphatic heterocycles. The Kier molecular flexibility index (Phi) is 3.43. The predicted octanol–water partition coefficient (Wildman–Crippen LogP) is 1.49. The Bertz CT molecular complexity index is 715. The summed E-state index contributed by atoms with van der Waals surface area (Å²) >= 11 is 0. The fourth-order valence-corrected chi connectivity index (χ4v) is 2.66. The number of pyridine rings is 1. The standard InChI is InChI=1S/C12H17N5O2S/c1-12(2,3)9-7-10(16-15-9)17-20(18,19)8-5-4-6-14-11(8)13/h4-7H,1-3H3,(H2,13,14)(H2,15,16,17). The first-order valence-corrected chi connectivity index (χ1v) is 7.48. The van der Waals surface area contributed by atoms with Gasteiger partial charge in [0, 0.05) is 23.4 Å². The number of hydrogen-bond donors (Lipinski definition) is 3. The summed E-state index contributed by atoms with van der Waals surface area (Å²) in [5, 5.41) is 6.76. The molecule has 0 aliphatic rings. The smallest absolute Gasteiger partial charge is 0.266 e. The van der Waals surface area contributed by atoms with Gasteiger partial charge >= 0.3 is 0 Å². The van der Waals surface area contributed by atoms with E-state index >= 15 is 0 Å². The van der Waals surface area contributed by atoms with E-state index in [1.54, 1.807) is 6.07 Å². The zero-order chi connectivity index (χ0) is 15.0. The molecule has 2 rings (SSSR count). The van der Waals surface area contributed by atoms with Crippen LogP contribution in [0.3, 0.4) is 0 Å². The number of nitrogens with zero attached hydrogens (tertiary/aromatic N) is 2. The van der Waals surface area contributed by atoms with E-state index in [1.807, 2.05) is 20.8 Å². The van der Waals surface area contributed by atoms with Crippen molar-refractivity contribution in [1.29, 1.82) is 0 Å². The highest BCUT2D eigenvalue weighted by molar-refractivity contribution is 7.92. The molecule has 0 aliphatic carbocycles. The zero-order valence-corrected chi connectivity index (χ0v) is 12.3. The molecule has 4 N–H and O–H groups in total. The van der Waals surface area contributed by atoms with Gasteiger partial charge in [0.05, 0.1) is 0 Å². The van der Waals surface area contributed by atoms with Crippen LogP contribution < -0.4 is 10.5 Å². The van der Waals surface area contributed by atoms with E-state index < -0.39 is 10.0 Å². The second kappa shape index (κ2) is 4.78. The van der Waals surface area contributed by atoms with Crippen molar-refractivity contribution in [3.05, 3.63) is 30.1 Å². The molecule has 7 nitrogen and oxygen atoms in total. The molecule has 0 amide bonds. The Morgan fingerprint density at radius 1 is 1.35 bits per heavy atom. The summed E-state index contributed by atoms with van der Waals surface area (Å²) in [4.78, 5) is 3.69. The molecule has 0 unspecified atom stereocenters. The minimum absolute atomic E-state index is 0.0495. The lowest BCUT2D eigenvalue weighted by Crippen LogP contribution is -2.15. The van der Waals surface area contributed by atoms with Crippen LogP contribution in [0, 0.1) is 0 Å². The maximum atomic E-state index is 12.2. The molecule has 2 aromatic heterocycles. The Morgan fingerprint density at radius 2 is 2.05 bits per heavy atom. The Labute approximate surface area is 117 Å². The SMILES string of the molecule is CC(C)(C)c1cc(NS(=O)(=O)c2cccnc2N)n[nH]1. The molecule has 0 saturated heterocycles. The van der Waals surface area contributed by atoms with Crippen molar-refractivity contribution >= 4 is 21.7 Å². The topological polar surface area (TPSA) is 114 Å².